The van der Waals surface area contributed by atoms with Crippen LogP contribution in [0.2, 0.25) is 16.6 Å². The van der Waals surface area contributed by atoms with Crippen LogP contribution >= 0.6 is 0 Å². The normalized spacial score (nSPS) is 16.7. The number of methoxy groups -OCH3 is 1. The fourth-order valence-electron chi connectivity index (χ4n) is 3.90. The first-order valence-electron chi connectivity index (χ1n) is 8.59. The van der Waals surface area contributed by atoms with Crippen LogP contribution in [-0.2, 0) is 9.16 Å². The monoisotopic (exact) mass is 330 g/mol. The van der Waals surface area contributed by atoms with Gasteiger partial charge < -0.3 is 14.3 Å². The molecule has 0 fully saturated rings. The zero-order chi connectivity index (χ0) is 17.5. The molecule has 0 aromatic carbocycles. The molecule has 0 radical (unpaired) electrons. The van der Waals surface area contributed by atoms with E-state index >= 15 is 0 Å². The summed E-state index contributed by atoms with van der Waals surface area (Å²) in [4.78, 5) is 0. The predicted octanol–water partition coefficient (Wildman–Crippen LogP) is 4.77. The van der Waals surface area contributed by atoms with Crippen LogP contribution in [0.4, 0.5) is 0 Å². The van der Waals surface area contributed by atoms with Crippen molar-refractivity contribution in [2.24, 2.45) is 5.92 Å². The molecule has 0 spiro atoms. The van der Waals surface area contributed by atoms with E-state index in [4.69, 9.17) is 9.16 Å². The minimum atomic E-state index is -1.81. The van der Waals surface area contributed by atoms with E-state index in [2.05, 4.69) is 54.5 Å². The molecule has 0 saturated carbocycles. The molecule has 0 unspecified atom stereocenters. The van der Waals surface area contributed by atoms with Crippen molar-refractivity contribution in [3.63, 3.8) is 0 Å². The number of aliphatic hydroxyl groups excluding tert-OH is 1. The number of rotatable bonds is 10. The second kappa shape index (κ2) is 9.86. The molecule has 1 N–H and O–H groups in total. The topological polar surface area (TPSA) is 38.7 Å². The smallest absolute Gasteiger partial charge is 0.200 e. The maximum atomic E-state index is 9.33. The Bertz CT molecular complexity index is 315. The summed E-state index contributed by atoms with van der Waals surface area (Å²) in [5, 5.41) is 9.33. The lowest BCUT2D eigenvalue weighted by molar-refractivity contribution is 0.0583. The van der Waals surface area contributed by atoms with Crippen LogP contribution in [0, 0.1) is 5.92 Å². The average molecular weight is 331 g/mol. The molecule has 0 aromatic heterocycles. The molecule has 0 rings (SSSR count). The molecular weight excluding hydrogens is 292 g/mol. The highest BCUT2D eigenvalue weighted by Crippen LogP contribution is 2.42. The number of hydrogen-bond donors (Lipinski definition) is 1. The minimum Gasteiger partial charge on any atom is -0.412 e. The van der Waals surface area contributed by atoms with Crippen LogP contribution in [0.5, 0.6) is 0 Å². The lowest BCUT2D eigenvalue weighted by Crippen LogP contribution is -2.47. The van der Waals surface area contributed by atoms with Crippen LogP contribution in [0.3, 0.4) is 0 Å². The van der Waals surface area contributed by atoms with Crippen molar-refractivity contribution in [2.45, 2.75) is 78.1 Å². The molecular formula is C18H38O3Si. The Morgan fingerprint density at radius 1 is 1.00 bits per heavy atom. The van der Waals surface area contributed by atoms with Gasteiger partial charge >= 0.3 is 0 Å². The first kappa shape index (κ1) is 21.8. The van der Waals surface area contributed by atoms with Crippen molar-refractivity contribution >= 4 is 8.32 Å². The fourth-order valence-corrected chi connectivity index (χ4v) is 9.27. The predicted molar refractivity (Wildman–Crippen MR) is 97.8 cm³/mol. The Labute approximate surface area is 139 Å². The Balaban J connectivity index is 5.04. The van der Waals surface area contributed by atoms with Crippen LogP contribution < -0.4 is 0 Å². The Morgan fingerprint density at radius 2 is 1.45 bits per heavy atom. The second-order valence-corrected chi connectivity index (χ2v) is 12.9. The summed E-state index contributed by atoms with van der Waals surface area (Å²) in [7, 11) is -0.111. The van der Waals surface area contributed by atoms with Gasteiger partial charge in [-0.3, -0.25) is 0 Å². The number of hydrogen-bond acceptors (Lipinski definition) is 3. The summed E-state index contributed by atoms with van der Waals surface area (Å²) in [5.74, 6) is 0.101. The number of ether oxygens (including phenoxy) is 1. The summed E-state index contributed by atoms with van der Waals surface area (Å²) in [6.45, 7) is 18.6. The van der Waals surface area contributed by atoms with E-state index in [0.717, 1.165) is 5.57 Å². The van der Waals surface area contributed by atoms with Gasteiger partial charge in [-0.25, -0.2) is 0 Å². The van der Waals surface area contributed by atoms with Gasteiger partial charge in [0.05, 0.1) is 12.7 Å². The van der Waals surface area contributed by atoms with Crippen LogP contribution in [0.1, 0.15) is 55.4 Å². The van der Waals surface area contributed by atoms with Crippen molar-refractivity contribution in [1.82, 2.24) is 0 Å². The van der Waals surface area contributed by atoms with Gasteiger partial charge in [-0.05, 0) is 29.1 Å². The Hall–Kier alpha value is -0.163. The van der Waals surface area contributed by atoms with Gasteiger partial charge in [-0.15, -0.1) is 0 Å². The maximum absolute atomic E-state index is 9.33. The summed E-state index contributed by atoms with van der Waals surface area (Å²) >= 11 is 0. The van der Waals surface area contributed by atoms with E-state index < -0.39 is 8.32 Å². The second-order valence-electron chi connectivity index (χ2n) is 7.39. The third kappa shape index (κ3) is 5.19. The van der Waals surface area contributed by atoms with E-state index in [9.17, 15) is 5.11 Å². The van der Waals surface area contributed by atoms with E-state index in [0.29, 0.717) is 23.2 Å². The molecule has 0 aliphatic carbocycles. The third-order valence-electron chi connectivity index (χ3n) is 4.95. The van der Waals surface area contributed by atoms with E-state index in [1.54, 1.807) is 7.11 Å². The van der Waals surface area contributed by atoms with E-state index in [1.165, 1.54) is 0 Å². The van der Waals surface area contributed by atoms with Crippen LogP contribution in [-0.4, -0.2) is 39.9 Å². The van der Waals surface area contributed by atoms with Crippen molar-refractivity contribution in [3.8, 4) is 0 Å². The summed E-state index contributed by atoms with van der Waals surface area (Å²) < 4.78 is 12.1. The van der Waals surface area contributed by atoms with E-state index in [-0.39, 0.29) is 18.6 Å². The van der Waals surface area contributed by atoms with Crippen LogP contribution in [0.15, 0.2) is 11.6 Å². The first-order valence-corrected chi connectivity index (χ1v) is 10.7. The average Bonchev–Trinajstić information content (AvgIpc) is 2.42. The van der Waals surface area contributed by atoms with Gasteiger partial charge in [0.1, 0.15) is 0 Å². The lowest BCUT2D eigenvalue weighted by Gasteiger charge is -2.42. The largest absolute Gasteiger partial charge is 0.412 e. The molecule has 0 heterocycles. The zero-order valence-corrected chi connectivity index (χ0v) is 17.1. The Morgan fingerprint density at radius 3 is 1.77 bits per heavy atom. The molecule has 0 aromatic rings. The van der Waals surface area contributed by atoms with Crippen molar-refractivity contribution in [3.05, 3.63) is 11.6 Å². The van der Waals surface area contributed by atoms with Crippen molar-refractivity contribution < 1.29 is 14.3 Å². The van der Waals surface area contributed by atoms with Gasteiger partial charge in [-0.2, -0.15) is 0 Å². The van der Waals surface area contributed by atoms with Crippen molar-refractivity contribution in [1.29, 1.82) is 0 Å². The zero-order valence-electron chi connectivity index (χ0n) is 16.1. The quantitative estimate of drug-likeness (QED) is 0.463. The first-order chi connectivity index (χ1) is 10.1. The summed E-state index contributed by atoms with van der Waals surface area (Å²) in [6.07, 6.45) is 2.09. The van der Waals surface area contributed by atoms with Gasteiger partial charge in [0, 0.05) is 19.6 Å². The highest BCUT2D eigenvalue weighted by atomic mass is 28.4. The molecule has 22 heavy (non-hydrogen) atoms. The SMILES string of the molecule is CO[C@@H](/C(C)=C/CO[Si](C(C)C)(C(C)C)C(C)C)[C@@H](C)CO. The van der Waals surface area contributed by atoms with Crippen LogP contribution in [0.25, 0.3) is 0 Å². The highest BCUT2D eigenvalue weighted by molar-refractivity contribution is 6.77. The molecule has 132 valence electrons. The van der Waals surface area contributed by atoms with E-state index in [1.807, 2.05) is 6.92 Å². The molecule has 4 heteroatoms. The molecule has 0 bridgehead atoms. The van der Waals surface area contributed by atoms with Gasteiger partial charge in [-0.1, -0.05) is 54.5 Å². The lowest BCUT2D eigenvalue weighted by atomic mass is 9.99. The minimum absolute atomic E-state index is 0.0400. The summed E-state index contributed by atoms with van der Waals surface area (Å²) in [5.41, 5.74) is 2.92. The molecule has 0 amide bonds. The molecule has 0 aliphatic rings. The third-order valence-corrected chi connectivity index (χ3v) is 11.0. The number of aliphatic hydroxyl groups is 1. The highest BCUT2D eigenvalue weighted by Gasteiger charge is 2.44. The van der Waals surface area contributed by atoms with Gasteiger partial charge in [0.15, 0.2) is 0 Å². The molecule has 0 saturated heterocycles. The maximum Gasteiger partial charge on any atom is 0.200 e. The fraction of sp³-hybridized carbons (Fsp3) is 0.889. The summed E-state index contributed by atoms with van der Waals surface area (Å²) in [6, 6.07) is 0. The Kier molecular flexibility index (Phi) is 9.79. The van der Waals surface area contributed by atoms with Gasteiger partial charge in [0.25, 0.3) is 0 Å². The van der Waals surface area contributed by atoms with Crippen molar-refractivity contribution in [2.75, 3.05) is 20.3 Å². The standard InChI is InChI=1S/C18H38O3Si/c1-13(2)22(14(3)4,15(5)6)21-11-10-16(7)18(20-9)17(8)12-19/h10,13-15,17-19H,11-12H2,1-9H3/b16-10+/t17-,18-/m0/s1. The molecule has 0 aliphatic heterocycles. The molecule has 2 atom stereocenters. The molecule has 3 nitrogen and oxygen atoms in total. The van der Waals surface area contributed by atoms with Gasteiger partial charge in [0.2, 0.25) is 8.32 Å².